The molecule has 0 bridgehead atoms. The summed E-state index contributed by atoms with van der Waals surface area (Å²) in [7, 11) is 1.42. The summed E-state index contributed by atoms with van der Waals surface area (Å²) in [4.78, 5) is 26.5. The van der Waals surface area contributed by atoms with E-state index in [1.807, 2.05) is 49.4 Å². The van der Waals surface area contributed by atoms with Crippen LogP contribution in [0.1, 0.15) is 34.5 Å². The number of carboxylic acids is 1. The van der Waals surface area contributed by atoms with E-state index in [1.54, 1.807) is 29.2 Å². The summed E-state index contributed by atoms with van der Waals surface area (Å²) >= 11 is 6.00. The normalized spacial score (nSPS) is 11.5. The van der Waals surface area contributed by atoms with Crippen LogP contribution in [0.15, 0.2) is 72.8 Å². The van der Waals surface area contributed by atoms with Gasteiger partial charge in [-0.1, -0.05) is 60.1 Å². The maximum atomic E-state index is 13.3. The number of carboxylic acid groups (broad SMARTS) is 1. The topological polar surface area (TPSA) is 76.1 Å². The van der Waals surface area contributed by atoms with Crippen molar-refractivity contribution < 1.29 is 24.2 Å². The molecule has 0 spiro atoms. The van der Waals surface area contributed by atoms with Gasteiger partial charge in [0.15, 0.2) is 18.1 Å². The van der Waals surface area contributed by atoms with Crippen molar-refractivity contribution in [3.05, 3.63) is 94.5 Å². The van der Waals surface area contributed by atoms with Crippen LogP contribution in [0.2, 0.25) is 5.02 Å². The molecule has 0 aliphatic carbocycles. The third-order valence-electron chi connectivity index (χ3n) is 5.11. The first-order valence-corrected chi connectivity index (χ1v) is 10.4. The van der Waals surface area contributed by atoms with E-state index < -0.39 is 5.97 Å². The fraction of sp³-hybridized carbons (Fsp3) is 0.200. The summed E-state index contributed by atoms with van der Waals surface area (Å²) in [6.45, 7) is 1.94. The van der Waals surface area contributed by atoms with Gasteiger partial charge < -0.3 is 19.5 Å². The summed E-state index contributed by atoms with van der Waals surface area (Å²) in [5.74, 6) is -1.19. The summed E-state index contributed by atoms with van der Waals surface area (Å²) in [5, 5.41) is 10.1. The highest BCUT2D eigenvalue weighted by molar-refractivity contribution is 6.30. The van der Waals surface area contributed by atoms with Gasteiger partial charge in [-0.3, -0.25) is 4.79 Å². The molecular weight excluding hydrogens is 430 g/mol. The number of methoxy groups -OCH3 is 1. The van der Waals surface area contributed by atoms with E-state index in [1.165, 1.54) is 13.2 Å². The van der Waals surface area contributed by atoms with E-state index in [0.29, 0.717) is 11.6 Å². The van der Waals surface area contributed by atoms with E-state index >= 15 is 0 Å². The van der Waals surface area contributed by atoms with E-state index in [0.717, 1.165) is 11.1 Å². The molecule has 7 heteroatoms. The molecule has 1 amide bonds. The van der Waals surface area contributed by atoms with Crippen LogP contribution in [-0.2, 0) is 11.3 Å². The summed E-state index contributed by atoms with van der Waals surface area (Å²) in [6, 6.07) is 21.3. The quantitative estimate of drug-likeness (QED) is 0.481. The highest BCUT2D eigenvalue weighted by Gasteiger charge is 2.24. The lowest BCUT2D eigenvalue weighted by Crippen LogP contribution is -2.36. The Kier molecular flexibility index (Phi) is 7.73. The van der Waals surface area contributed by atoms with Crippen LogP contribution in [0.3, 0.4) is 0 Å². The highest BCUT2D eigenvalue weighted by atomic mass is 35.5. The fourth-order valence-corrected chi connectivity index (χ4v) is 3.48. The molecule has 3 rings (SSSR count). The van der Waals surface area contributed by atoms with Gasteiger partial charge in [0.2, 0.25) is 0 Å². The molecule has 0 heterocycles. The molecule has 0 unspecified atom stereocenters. The predicted molar refractivity (Wildman–Crippen MR) is 122 cm³/mol. The molecule has 1 N–H and O–H groups in total. The minimum atomic E-state index is -1.16. The Morgan fingerprint density at radius 1 is 1.00 bits per heavy atom. The van der Waals surface area contributed by atoms with E-state index in [9.17, 15) is 14.7 Å². The molecule has 0 aliphatic rings. The molecule has 0 saturated heterocycles. The first kappa shape index (κ1) is 23.2. The molecule has 0 radical (unpaired) electrons. The van der Waals surface area contributed by atoms with Crippen LogP contribution in [0.5, 0.6) is 11.5 Å². The van der Waals surface area contributed by atoms with Crippen molar-refractivity contribution in [1.29, 1.82) is 0 Å². The maximum absolute atomic E-state index is 13.3. The number of halogens is 1. The number of aromatic carboxylic acids is 1. The number of ether oxygens (including phenoxy) is 2. The molecule has 3 aromatic rings. The Bertz CT molecular complexity index is 1070. The van der Waals surface area contributed by atoms with Gasteiger partial charge in [-0.25, -0.2) is 4.79 Å². The lowest BCUT2D eigenvalue weighted by atomic mass is 10.1. The zero-order valence-corrected chi connectivity index (χ0v) is 18.6. The average Bonchev–Trinajstić information content (AvgIpc) is 2.81. The largest absolute Gasteiger partial charge is 0.493 e. The number of carbonyl (C=O) groups is 2. The lowest BCUT2D eigenvalue weighted by Gasteiger charge is -2.30. The Morgan fingerprint density at radius 2 is 1.69 bits per heavy atom. The van der Waals surface area contributed by atoms with Gasteiger partial charge in [0.1, 0.15) is 5.56 Å². The molecule has 1 atom stereocenters. The van der Waals surface area contributed by atoms with Crippen molar-refractivity contribution in [2.45, 2.75) is 19.5 Å². The summed E-state index contributed by atoms with van der Waals surface area (Å²) in [6.07, 6.45) is 0. The average molecular weight is 454 g/mol. The second kappa shape index (κ2) is 10.7. The second-order valence-electron chi connectivity index (χ2n) is 7.17. The SMILES string of the molecule is COc1cccc(C(=O)O)c1OCC(=O)N(Cc1ccc(Cl)cc1)[C@@H](C)c1ccccc1. The van der Waals surface area contributed by atoms with E-state index in [4.69, 9.17) is 21.1 Å². The van der Waals surface area contributed by atoms with Crippen LogP contribution >= 0.6 is 11.6 Å². The number of rotatable bonds is 9. The van der Waals surface area contributed by atoms with E-state index in [-0.39, 0.29) is 35.6 Å². The van der Waals surface area contributed by atoms with Crippen molar-refractivity contribution in [3.63, 3.8) is 0 Å². The zero-order valence-electron chi connectivity index (χ0n) is 17.8. The molecule has 0 aliphatic heterocycles. The number of benzene rings is 3. The Hall–Kier alpha value is -3.51. The van der Waals surface area contributed by atoms with Gasteiger partial charge in [0, 0.05) is 11.6 Å². The van der Waals surface area contributed by atoms with Crippen molar-refractivity contribution >= 4 is 23.5 Å². The Balaban J connectivity index is 1.85. The minimum absolute atomic E-state index is 0.0228. The predicted octanol–water partition coefficient (Wildman–Crippen LogP) is 5.22. The van der Waals surface area contributed by atoms with Crippen LogP contribution in [0, 0.1) is 0 Å². The third kappa shape index (κ3) is 5.59. The van der Waals surface area contributed by atoms with Crippen LogP contribution < -0.4 is 9.47 Å². The molecule has 0 saturated carbocycles. The molecule has 0 aromatic heterocycles. The van der Waals surface area contributed by atoms with Crippen LogP contribution in [-0.4, -0.2) is 35.6 Å². The number of hydrogen-bond acceptors (Lipinski definition) is 4. The number of para-hydroxylation sites is 1. The molecule has 6 nitrogen and oxygen atoms in total. The van der Waals surface area contributed by atoms with Gasteiger partial charge >= 0.3 is 5.97 Å². The number of nitrogens with zero attached hydrogens (tertiary/aromatic N) is 1. The van der Waals surface area contributed by atoms with Crippen molar-refractivity contribution in [2.75, 3.05) is 13.7 Å². The van der Waals surface area contributed by atoms with Crippen molar-refractivity contribution in [3.8, 4) is 11.5 Å². The van der Waals surface area contributed by atoms with Crippen LogP contribution in [0.25, 0.3) is 0 Å². The monoisotopic (exact) mass is 453 g/mol. The standard InChI is InChI=1S/C25H24ClNO5/c1-17(19-7-4-3-5-8-19)27(15-18-11-13-20(26)14-12-18)23(28)16-32-24-21(25(29)30)9-6-10-22(24)31-2/h3-14,17H,15-16H2,1-2H3,(H,29,30)/t17-/m0/s1. The number of carbonyl (C=O) groups excluding carboxylic acids is 1. The van der Waals surface area contributed by atoms with E-state index in [2.05, 4.69) is 0 Å². The highest BCUT2D eigenvalue weighted by Crippen LogP contribution is 2.31. The first-order chi connectivity index (χ1) is 15.4. The van der Waals surface area contributed by atoms with Gasteiger partial charge in [-0.15, -0.1) is 0 Å². The van der Waals surface area contributed by atoms with Gasteiger partial charge in [-0.05, 0) is 42.3 Å². The lowest BCUT2D eigenvalue weighted by molar-refractivity contribution is -0.136. The smallest absolute Gasteiger partial charge is 0.339 e. The fourth-order valence-electron chi connectivity index (χ4n) is 3.35. The maximum Gasteiger partial charge on any atom is 0.339 e. The molecular formula is C25H24ClNO5. The summed E-state index contributed by atoms with van der Waals surface area (Å²) < 4.78 is 10.9. The molecule has 0 fully saturated rings. The first-order valence-electron chi connectivity index (χ1n) is 10.0. The second-order valence-corrected chi connectivity index (χ2v) is 7.60. The van der Waals surface area contributed by atoms with Gasteiger partial charge in [0.05, 0.1) is 13.2 Å². The molecule has 3 aromatic carbocycles. The minimum Gasteiger partial charge on any atom is -0.493 e. The number of amides is 1. The van der Waals surface area contributed by atoms with Gasteiger partial charge in [-0.2, -0.15) is 0 Å². The molecule has 166 valence electrons. The summed E-state index contributed by atoms with van der Waals surface area (Å²) in [5.41, 5.74) is 1.81. The van der Waals surface area contributed by atoms with Crippen LogP contribution in [0.4, 0.5) is 0 Å². The Morgan fingerprint density at radius 3 is 2.31 bits per heavy atom. The van der Waals surface area contributed by atoms with Gasteiger partial charge in [0.25, 0.3) is 5.91 Å². The Labute approximate surface area is 192 Å². The number of hydrogen-bond donors (Lipinski definition) is 1. The van der Waals surface area contributed by atoms with Crippen molar-refractivity contribution in [2.24, 2.45) is 0 Å². The van der Waals surface area contributed by atoms with Crippen molar-refractivity contribution in [1.82, 2.24) is 4.90 Å². The zero-order chi connectivity index (χ0) is 23.1. The molecule has 32 heavy (non-hydrogen) atoms. The third-order valence-corrected chi connectivity index (χ3v) is 5.36.